The molecule has 6 heteroatoms. The summed E-state index contributed by atoms with van der Waals surface area (Å²) < 4.78 is 27.1. The number of anilines is 1. The Kier molecular flexibility index (Phi) is 4.43. The van der Waals surface area contributed by atoms with Crippen LogP contribution in [0.15, 0.2) is 67.1 Å². The van der Waals surface area contributed by atoms with Gasteiger partial charge in [-0.15, -0.1) is 0 Å². The summed E-state index contributed by atoms with van der Waals surface area (Å²) in [6, 6.07) is 16.8. The standard InChI is InChI=1S/C17H17N3O2S/c21-23(22,10-9-14-5-2-1-3-6-14)20-16-8-4-7-15(11-16)17-12-18-13-19-17/h1-8,11-13,20H,9-10H2,(H,18,19). The van der Waals surface area contributed by atoms with Crippen molar-refractivity contribution < 1.29 is 8.42 Å². The fourth-order valence-corrected chi connectivity index (χ4v) is 3.38. The molecule has 0 aliphatic heterocycles. The summed E-state index contributed by atoms with van der Waals surface area (Å²) in [6.45, 7) is 0. The normalized spacial score (nSPS) is 11.3. The lowest BCUT2D eigenvalue weighted by atomic mass is 10.1. The Morgan fingerprint density at radius 3 is 2.61 bits per heavy atom. The van der Waals surface area contributed by atoms with Crippen molar-refractivity contribution >= 4 is 15.7 Å². The number of aromatic nitrogens is 2. The van der Waals surface area contributed by atoms with Gasteiger partial charge in [-0.3, -0.25) is 4.72 Å². The predicted molar refractivity (Wildman–Crippen MR) is 91.6 cm³/mol. The Hall–Kier alpha value is -2.60. The molecule has 1 heterocycles. The second-order valence-corrected chi connectivity index (χ2v) is 7.04. The van der Waals surface area contributed by atoms with E-state index in [9.17, 15) is 8.42 Å². The fraction of sp³-hybridized carbons (Fsp3) is 0.118. The average Bonchev–Trinajstić information content (AvgIpc) is 3.08. The van der Waals surface area contributed by atoms with E-state index in [1.807, 2.05) is 42.5 Å². The molecule has 2 N–H and O–H groups in total. The molecule has 0 bridgehead atoms. The second-order valence-electron chi connectivity index (χ2n) is 5.20. The molecule has 3 rings (SSSR count). The summed E-state index contributed by atoms with van der Waals surface area (Å²) in [5.74, 6) is 0.0469. The number of rotatable bonds is 6. The Bertz CT molecular complexity index is 860. The molecule has 1 aromatic heterocycles. The minimum atomic E-state index is -3.39. The van der Waals surface area contributed by atoms with Gasteiger partial charge >= 0.3 is 0 Å². The van der Waals surface area contributed by atoms with Gasteiger partial charge in [0.1, 0.15) is 0 Å². The molecule has 0 aliphatic rings. The van der Waals surface area contributed by atoms with Crippen LogP contribution in [0.5, 0.6) is 0 Å². The lowest BCUT2D eigenvalue weighted by Gasteiger charge is -2.09. The molecule has 0 saturated heterocycles. The third-order valence-corrected chi connectivity index (χ3v) is 4.74. The van der Waals surface area contributed by atoms with Crippen LogP contribution in [0.2, 0.25) is 0 Å². The number of aromatic amines is 1. The topological polar surface area (TPSA) is 74.8 Å². The number of nitrogens with one attached hydrogen (secondary N) is 2. The van der Waals surface area contributed by atoms with E-state index < -0.39 is 10.0 Å². The van der Waals surface area contributed by atoms with Gasteiger partial charge in [0.2, 0.25) is 10.0 Å². The van der Waals surface area contributed by atoms with Gasteiger partial charge in [0.25, 0.3) is 0 Å². The van der Waals surface area contributed by atoms with Gasteiger partial charge in [-0.25, -0.2) is 13.4 Å². The number of hydrogen-bond acceptors (Lipinski definition) is 3. The monoisotopic (exact) mass is 327 g/mol. The molecule has 118 valence electrons. The van der Waals surface area contributed by atoms with Crippen LogP contribution in [0.4, 0.5) is 5.69 Å². The van der Waals surface area contributed by atoms with Crippen molar-refractivity contribution in [3.8, 4) is 11.3 Å². The molecule has 3 aromatic rings. The maximum atomic E-state index is 12.2. The molecule has 0 radical (unpaired) electrons. The number of benzene rings is 2. The number of H-pyrrole nitrogens is 1. The van der Waals surface area contributed by atoms with Crippen LogP contribution in [0.3, 0.4) is 0 Å². The summed E-state index contributed by atoms with van der Waals surface area (Å²) >= 11 is 0. The first kappa shape index (κ1) is 15.3. The number of sulfonamides is 1. The highest BCUT2D eigenvalue weighted by Gasteiger charge is 2.11. The summed E-state index contributed by atoms with van der Waals surface area (Å²) in [4.78, 5) is 6.97. The van der Waals surface area contributed by atoms with Crippen molar-refractivity contribution in [2.24, 2.45) is 0 Å². The zero-order valence-electron chi connectivity index (χ0n) is 12.4. The van der Waals surface area contributed by atoms with Crippen molar-refractivity contribution in [2.75, 3.05) is 10.5 Å². The molecule has 0 fully saturated rings. The first-order chi connectivity index (χ1) is 11.1. The molecule has 23 heavy (non-hydrogen) atoms. The summed E-state index contributed by atoms with van der Waals surface area (Å²) in [5, 5.41) is 0. The van der Waals surface area contributed by atoms with Gasteiger partial charge in [-0.2, -0.15) is 0 Å². The molecule has 0 saturated carbocycles. The predicted octanol–water partition coefficient (Wildman–Crippen LogP) is 3.06. The number of hydrogen-bond donors (Lipinski definition) is 2. The maximum Gasteiger partial charge on any atom is 0.233 e. The third kappa shape index (κ3) is 4.20. The molecule has 2 aromatic carbocycles. The van der Waals surface area contributed by atoms with Crippen LogP contribution in [-0.2, 0) is 16.4 Å². The molecule has 0 unspecified atom stereocenters. The highest BCUT2D eigenvalue weighted by Crippen LogP contribution is 2.21. The van der Waals surface area contributed by atoms with Gasteiger partial charge in [-0.05, 0) is 24.1 Å². The van der Waals surface area contributed by atoms with Crippen molar-refractivity contribution in [2.45, 2.75) is 6.42 Å². The molecule has 0 amide bonds. The smallest absolute Gasteiger partial charge is 0.233 e. The summed E-state index contributed by atoms with van der Waals surface area (Å²) in [5.41, 5.74) is 3.27. The number of imidazole rings is 1. The lowest BCUT2D eigenvalue weighted by molar-refractivity contribution is 0.600. The number of aryl methyl sites for hydroxylation is 1. The van der Waals surface area contributed by atoms with E-state index in [4.69, 9.17) is 0 Å². The van der Waals surface area contributed by atoms with Crippen LogP contribution in [0.25, 0.3) is 11.3 Å². The van der Waals surface area contributed by atoms with Crippen molar-refractivity contribution in [1.29, 1.82) is 0 Å². The molecule has 0 atom stereocenters. The summed E-state index contributed by atoms with van der Waals surface area (Å²) in [7, 11) is -3.39. The summed E-state index contributed by atoms with van der Waals surface area (Å²) in [6.07, 6.45) is 3.77. The van der Waals surface area contributed by atoms with E-state index in [1.54, 1.807) is 24.7 Å². The van der Waals surface area contributed by atoms with Crippen LogP contribution in [0.1, 0.15) is 5.56 Å². The van der Waals surface area contributed by atoms with Crippen LogP contribution < -0.4 is 4.72 Å². The van der Waals surface area contributed by atoms with E-state index in [0.717, 1.165) is 16.8 Å². The lowest BCUT2D eigenvalue weighted by Crippen LogP contribution is -2.18. The Morgan fingerprint density at radius 2 is 1.87 bits per heavy atom. The second kappa shape index (κ2) is 6.66. The number of nitrogens with zero attached hydrogens (tertiary/aromatic N) is 1. The quantitative estimate of drug-likeness (QED) is 0.730. The van der Waals surface area contributed by atoms with Gasteiger partial charge in [-0.1, -0.05) is 42.5 Å². The van der Waals surface area contributed by atoms with Gasteiger partial charge in [0.15, 0.2) is 0 Å². The highest BCUT2D eigenvalue weighted by atomic mass is 32.2. The SMILES string of the molecule is O=S(=O)(CCc1ccccc1)Nc1cccc(-c2cnc[nH]2)c1. The molecular formula is C17H17N3O2S. The highest BCUT2D eigenvalue weighted by molar-refractivity contribution is 7.92. The maximum absolute atomic E-state index is 12.2. The Labute approximate surface area is 135 Å². The first-order valence-electron chi connectivity index (χ1n) is 7.26. The Morgan fingerprint density at radius 1 is 1.04 bits per heavy atom. The van der Waals surface area contributed by atoms with E-state index in [0.29, 0.717) is 12.1 Å². The zero-order chi connectivity index (χ0) is 16.1. The minimum absolute atomic E-state index is 0.0469. The van der Waals surface area contributed by atoms with Crippen LogP contribution in [-0.4, -0.2) is 24.1 Å². The molecule has 0 aliphatic carbocycles. The molecule has 0 spiro atoms. The van der Waals surface area contributed by atoms with Crippen molar-refractivity contribution in [1.82, 2.24) is 9.97 Å². The first-order valence-corrected chi connectivity index (χ1v) is 8.91. The largest absolute Gasteiger partial charge is 0.345 e. The van der Waals surface area contributed by atoms with E-state index in [2.05, 4.69) is 14.7 Å². The third-order valence-electron chi connectivity index (χ3n) is 3.45. The Balaban J connectivity index is 1.69. The molecular weight excluding hydrogens is 310 g/mol. The fourth-order valence-electron chi connectivity index (χ4n) is 2.29. The zero-order valence-corrected chi connectivity index (χ0v) is 13.3. The van der Waals surface area contributed by atoms with Crippen molar-refractivity contribution in [3.63, 3.8) is 0 Å². The van der Waals surface area contributed by atoms with E-state index >= 15 is 0 Å². The average molecular weight is 327 g/mol. The van der Waals surface area contributed by atoms with Crippen LogP contribution >= 0.6 is 0 Å². The van der Waals surface area contributed by atoms with Crippen molar-refractivity contribution in [3.05, 3.63) is 72.7 Å². The van der Waals surface area contributed by atoms with E-state index in [1.165, 1.54) is 0 Å². The van der Waals surface area contributed by atoms with Gasteiger partial charge in [0, 0.05) is 11.3 Å². The molecule has 5 nitrogen and oxygen atoms in total. The van der Waals surface area contributed by atoms with Crippen LogP contribution in [0, 0.1) is 0 Å². The minimum Gasteiger partial charge on any atom is -0.345 e. The van der Waals surface area contributed by atoms with Gasteiger partial charge < -0.3 is 4.98 Å². The van der Waals surface area contributed by atoms with E-state index in [-0.39, 0.29) is 5.75 Å². The van der Waals surface area contributed by atoms with Gasteiger partial charge in [0.05, 0.1) is 24.0 Å².